The zero-order valence-electron chi connectivity index (χ0n) is 24.7. The van der Waals surface area contributed by atoms with Gasteiger partial charge in [-0.25, -0.2) is 0 Å². The molecule has 0 bridgehead atoms. The van der Waals surface area contributed by atoms with E-state index in [0.29, 0.717) is 35.6 Å². The molecule has 8 heteroatoms. The Morgan fingerprint density at radius 2 is 1.85 bits per heavy atom. The maximum atomic E-state index is 12.9. The van der Waals surface area contributed by atoms with Gasteiger partial charge < -0.3 is 25.1 Å². The van der Waals surface area contributed by atoms with Gasteiger partial charge in [-0.2, -0.15) is 4.73 Å². The summed E-state index contributed by atoms with van der Waals surface area (Å²) in [6.45, 7) is 13.1. The highest BCUT2D eigenvalue weighted by molar-refractivity contribution is 5.96. The molecule has 1 N–H and O–H groups in total. The van der Waals surface area contributed by atoms with Gasteiger partial charge in [0.05, 0.1) is 7.11 Å². The van der Waals surface area contributed by atoms with Crippen molar-refractivity contribution in [3.05, 3.63) is 87.6 Å². The van der Waals surface area contributed by atoms with E-state index in [9.17, 15) is 10.0 Å². The second-order valence-electron chi connectivity index (χ2n) is 11.0. The molecule has 40 heavy (non-hydrogen) atoms. The van der Waals surface area contributed by atoms with E-state index in [0.717, 1.165) is 54.9 Å². The number of methoxy groups -OCH3 is 1. The number of aromatic nitrogens is 2. The van der Waals surface area contributed by atoms with Gasteiger partial charge in [0, 0.05) is 76.3 Å². The number of likely N-dealkylation sites (tertiary alicyclic amines) is 1. The second kappa shape index (κ2) is 13.1. The van der Waals surface area contributed by atoms with Crippen LogP contribution in [-0.2, 0) is 6.54 Å². The van der Waals surface area contributed by atoms with E-state index in [1.165, 1.54) is 16.8 Å². The minimum absolute atomic E-state index is 0.175. The van der Waals surface area contributed by atoms with Crippen molar-refractivity contribution in [2.24, 2.45) is 0 Å². The van der Waals surface area contributed by atoms with Crippen LogP contribution in [0.15, 0.2) is 48.8 Å². The average molecular weight is 546 g/mol. The van der Waals surface area contributed by atoms with E-state index in [4.69, 9.17) is 4.74 Å². The average Bonchev–Trinajstić information content (AvgIpc) is 2.96. The molecule has 0 spiro atoms. The molecule has 1 aromatic carbocycles. The lowest BCUT2D eigenvalue weighted by atomic mass is 9.99. The predicted octanol–water partition coefficient (Wildman–Crippen LogP) is 4.64. The first kappa shape index (κ1) is 29.3. The molecule has 0 aliphatic carbocycles. The quantitative estimate of drug-likeness (QED) is 0.295. The Morgan fingerprint density at radius 1 is 1.15 bits per heavy atom. The van der Waals surface area contributed by atoms with Crippen LogP contribution in [0.1, 0.15) is 64.6 Å². The Labute approximate surface area is 238 Å². The summed E-state index contributed by atoms with van der Waals surface area (Å²) in [4.78, 5) is 22.3. The van der Waals surface area contributed by atoms with Crippen LogP contribution in [0.4, 0.5) is 5.69 Å². The second-order valence-corrected chi connectivity index (χ2v) is 11.0. The topological polar surface area (TPSA) is 84.6 Å². The maximum Gasteiger partial charge on any atom is 0.257 e. The predicted molar refractivity (Wildman–Crippen MR) is 159 cm³/mol. The minimum atomic E-state index is -0.175. The lowest BCUT2D eigenvalue weighted by Gasteiger charge is -2.42. The number of aryl methyl sites for hydroxylation is 3. The SMILES string of the molecule is COc1ccc(N(Cc2cnccc2C)C2CCN([C@H](C)CCNC(=O)c3c(C)cc(C)[n+]([O-])c3C)CC2)cc1. The Bertz CT molecular complexity index is 1300. The summed E-state index contributed by atoms with van der Waals surface area (Å²) in [6.07, 6.45) is 6.81. The molecular formula is C32H43N5O3. The van der Waals surface area contributed by atoms with Crippen molar-refractivity contribution < 1.29 is 14.3 Å². The zero-order valence-corrected chi connectivity index (χ0v) is 24.7. The molecule has 3 aromatic rings. The van der Waals surface area contributed by atoms with Crippen LogP contribution in [0, 0.1) is 32.9 Å². The number of hydrogen-bond acceptors (Lipinski definition) is 6. The third kappa shape index (κ3) is 6.73. The number of rotatable bonds is 10. The Hall–Kier alpha value is -3.65. The first-order valence-corrected chi connectivity index (χ1v) is 14.2. The van der Waals surface area contributed by atoms with Crippen LogP contribution < -0.4 is 19.7 Å². The maximum absolute atomic E-state index is 12.9. The summed E-state index contributed by atoms with van der Waals surface area (Å²) in [5, 5.41) is 15.3. The molecule has 4 rings (SSSR count). The number of ether oxygens (including phenoxy) is 1. The molecule has 1 saturated heterocycles. The fraction of sp³-hybridized carbons (Fsp3) is 0.469. The normalized spacial score (nSPS) is 15.1. The zero-order chi connectivity index (χ0) is 28.8. The lowest BCUT2D eigenvalue weighted by Crippen LogP contribution is -2.48. The highest BCUT2D eigenvalue weighted by Crippen LogP contribution is 2.29. The van der Waals surface area contributed by atoms with Crippen LogP contribution in [0.5, 0.6) is 5.75 Å². The van der Waals surface area contributed by atoms with Crippen molar-refractivity contribution in [1.29, 1.82) is 0 Å². The first-order chi connectivity index (χ1) is 19.2. The molecule has 0 saturated carbocycles. The number of benzene rings is 1. The molecule has 1 amide bonds. The van der Waals surface area contributed by atoms with Crippen LogP contribution in [0.2, 0.25) is 0 Å². The molecule has 8 nitrogen and oxygen atoms in total. The van der Waals surface area contributed by atoms with Crippen LogP contribution in [0.25, 0.3) is 0 Å². The van der Waals surface area contributed by atoms with Gasteiger partial charge in [0.25, 0.3) is 5.91 Å². The number of hydrogen-bond donors (Lipinski definition) is 1. The van der Waals surface area contributed by atoms with Gasteiger partial charge in [-0.05, 0) is 87.1 Å². The standard InChI is InChI=1S/C32H43N5O3/c1-22-11-15-33-20-27(22)21-36(28-7-9-30(40-6)10-8-28)29-13-17-35(18-14-29)24(3)12-16-34-32(38)31-23(2)19-25(4)37(39)26(31)5/h7-11,15,19-20,24,29H,12-14,16-18,21H2,1-6H3,(H,34,38)/t24-/m1/s1. The number of pyridine rings is 2. The summed E-state index contributed by atoms with van der Waals surface area (Å²) in [5.74, 6) is 0.684. The van der Waals surface area contributed by atoms with Gasteiger partial charge in [0.1, 0.15) is 11.3 Å². The number of amides is 1. The summed E-state index contributed by atoms with van der Waals surface area (Å²) >= 11 is 0. The van der Waals surface area contributed by atoms with Crippen molar-refractivity contribution in [2.45, 2.75) is 72.5 Å². The van der Waals surface area contributed by atoms with Gasteiger partial charge in [0.2, 0.25) is 5.69 Å². The van der Waals surface area contributed by atoms with Crippen molar-refractivity contribution >= 4 is 11.6 Å². The summed E-state index contributed by atoms with van der Waals surface area (Å²) in [6, 6.07) is 13.0. The van der Waals surface area contributed by atoms with E-state index >= 15 is 0 Å². The van der Waals surface area contributed by atoms with Gasteiger partial charge >= 0.3 is 0 Å². The summed E-state index contributed by atoms with van der Waals surface area (Å²) < 4.78 is 6.22. The largest absolute Gasteiger partial charge is 0.618 e. The molecule has 1 aliphatic heterocycles. The number of nitrogens with one attached hydrogen (secondary N) is 1. The molecule has 214 valence electrons. The molecule has 0 radical (unpaired) electrons. The third-order valence-corrected chi connectivity index (χ3v) is 8.34. The molecule has 1 aliphatic rings. The molecule has 2 aromatic heterocycles. The smallest absolute Gasteiger partial charge is 0.257 e. The minimum Gasteiger partial charge on any atom is -0.618 e. The number of piperidine rings is 1. The number of carbonyl (C=O) groups excluding carboxylic acids is 1. The molecule has 1 fully saturated rings. The highest BCUT2D eigenvalue weighted by atomic mass is 16.5. The lowest BCUT2D eigenvalue weighted by molar-refractivity contribution is -0.619. The van der Waals surface area contributed by atoms with Crippen molar-refractivity contribution in [3.63, 3.8) is 0 Å². The Kier molecular flexibility index (Phi) is 9.63. The molecule has 0 unspecified atom stereocenters. The van der Waals surface area contributed by atoms with Crippen molar-refractivity contribution in [3.8, 4) is 5.75 Å². The van der Waals surface area contributed by atoms with Crippen LogP contribution >= 0.6 is 0 Å². The fourth-order valence-electron chi connectivity index (χ4n) is 5.79. The van der Waals surface area contributed by atoms with E-state index in [1.807, 2.05) is 31.5 Å². The molecular weight excluding hydrogens is 502 g/mol. The van der Waals surface area contributed by atoms with Gasteiger partial charge in [-0.1, -0.05) is 0 Å². The van der Waals surface area contributed by atoms with Crippen molar-refractivity contribution in [1.82, 2.24) is 15.2 Å². The number of anilines is 1. The van der Waals surface area contributed by atoms with Gasteiger partial charge in [-0.3, -0.25) is 9.78 Å². The van der Waals surface area contributed by atoms with E-state index in [-0.39, 0.29) is 5.91 Å². The van der Waals surface area contributed by atoms with Gasteiger partial charge in [0.15, 0.2) is 5.69 Å². The third-order valence-electron chi connectivity index (χ3n) is 8.34. The first-order valence-electron chi connectivity index (χ1n) is 14.2. The highest BCUT2D eigenvalue weighted by Gasteiger charge is 2.28. The van der Waals surface area contributed by atoms with E-state index in [1.54, 1.807) is 27.0 Å². The summed E-state index contributed by atoms with van der Waals surface area (Å²) in [7, 11) is 1.69. The Morgan fingerprint density at radius 3 is 2.50 bits per heavy atom. The molecule has 1 atom stereocenters. The fourth-order valence-corrected chi connectivity index (χ4v) is 5.79. The van der Waals surface area contributed by atoms with Crippen molar-refractivity contribution in [2.75, 3.05) is 31.6 Å². The number of carbonyl (C=O) groups is 1. The van der Waals surface area contributed by atoms with Gasteiger partial charge in [-0.15, -0.1) is 0 Å². The monoisotopic (exact) mass is 545 g/mol. The summed E-state index contributed by atoms with van der Waals surface area (Å²) in [5.41, 5.74) is 6.06. The van der Waals surface area contributed by atoms with Crippen LogP contribution in [-0.4, -0.2) is 54.6 Å². The van der Waals surface area contributed by atoms with Crippen LogP contribution in [0.3, 0.4) is 0 Å². The Balaban J connectivity index is 1.35. The van der Waals surface area contributed by atoms with E-state index < -0.39 is 0 Å². The van der Waals surface area contributed by atoms with E-state index in [2.05, 4.69) is 52.1 Å². The number of nitrogens with zero attached hydrogens (tertiary/aromatic N) is 4. The molecule has 3 heterocycles.